The van der Waals surface area contributed by atoms with Crippen LogP contribution in [0, 0.1) is 0 Å². The van der Waals surface area contributed by atoms with E-state index in [1.54, 1.807) is 23.3 Å². The lowest BCUT2D eigenvalue weighted by Crippen LogP contribution is -2.26. The summed E-state index contributed by atoms with van der Waals surface area (Å²) in [7, 11) is 1.80. The molecular formula is C14H15ClN2OS. The third kappa shape index (κ3) is 3.14. The van der Waals surface area contributed by atoms with Crippen molar-refractivity contribution in [2.24, 2.45) is 0 Å². The molecule has 0 bridgehead atoms. The molecule has 0 aliphatic rings. The van der Waals surface area contributed by atoms with Gasteiger partial charge in [0, 0.05) is 30.1 Å². The minimum absolute atomic E-state index is 0.0264. The van der Waals surface area contributed by atoms with Crippen molar-refractivity contribution < 1.29 is 4.79 Å². The predicted molar refractivity (Wildman–Crippen MR) is 79.7 cm³/mol. The van der Waals surface area contributed by atoms with E-state index in [0.717, 1.165) is 16.3 Å². The van der Waals surface area contributed by atoms with Gasteiger partial charge < -0.3 is 4.90 Å². The van der Waals surface area contributed by atoms with Crippen molar-refractivity contribution in [1.82, 2.24) is 9.88 Å². The van der Waals surface area contributed by atoms with Gasteiger partial charge in [-0.2, -0.15) is 0 Å². The van der Waals surface area contributed by atoms with Gasteiger partial charge in [0.05, 0.1) is 11.6 Å². The first-order chi connectivity index (χ1) is 9.15. The van der Waals surface area contributed by atoms with Crippen molar-refractivity contribution in [3.63, 3.8) is 0 Å². The Hall–Kier alpha value is -1.39. The molecule has 0 saturated carbocycles. The lowest BCUT2D eigenvalue weighted by Gasteiger charge is -2.14. The summed E-state index contributed by atoms with van der Waals surface area (Å²) in [5.41, 5.74) is 2.50. The highest BCUT2D eigenvalue weighted by Gasteiger charge is 2.12. The van der Waals surface area contributed by atoms with E-state index in [9.17, 15) is 4.79 Å². The second-order valence-corrected chi connectivity index (χ2v) is 5.30. The fourth-order valence-corrected chi connectivity index (χ4v) is 2.70. The minimum atomic E-state index is 0.0264. The van der Waals surface area contributed by atoms with Crippen LogP contribution < -0.4 is 0 Å². The van der Waals surface area contributed by atoms with Gasteiger partial charge in [-0.25, -0.2) is 4.98 Å². The first-order valence-electron chi connectivity index (χ1n) is 6.02. The van der Waals surface area contributed by atoms with Crippen molar-refractivity contribution in [1.29, 1.82) is 0 Å². The summed E-state index contributed by atoms with van der Waals surface area (Å²) in [5.74, 6) is 0.437. The number of carbonyl (C=O) groups excluding carboxylic acids is 1. The van der Waals surface area contributed by atoms with Gasteiger partial charge in [0.1, 0.15) is 5.01 Å². The second-order valence-electron chi connectivity index (χ2n) is 4.18. The number of halogens is 1. The standard InChI is InChI=1S/C14H15ClN2OS/c1-3-17(2)14(18)11-6-4-5-10(7-11)13-16-12(8-15)9-19-13/h4-7,9H,3,8H2,1-2H3. The summed E-state index contributed by atoms with van der Waals surface area (Å²) in [5, 5.41) is 2.83. The van der Waals surface area contributed by atoms with E-state index in [-0.39, 0.29) is 5.91 Å². The largest absolute Gasteiger partial charge is 0.342 e. The number of amides is 1. The Labute approximate surface area is 121 Å². The molecule has 0 aliphatic carbocycles. The van der Waals surface area contributed by atoms with E-state index in [1.807, 2.05) is 36.6 Å². The Bertz CT molecular complexity index is 582. The maximum Gasteiger partial charge on any atom is 0.253 e. The van der Waals surface area contributed by atoms with Gasteiger partial charge in [-0.1, -0.05) is 12.1 Å². The highest BCUT2D eigenvalue weighted by Crippen LogP contribution is 2.25. The number of nitrogens with zero attached hydrogens (tertiary/aromatic N) is 2. The summed E-state index contributed by atoms with van der Waals surface area (Å²) in [6.07, 6.45) is 0. The van der Waals surface area contributed by atoms with E-state index >= 15 is 0 Å². The molecule has 0 saturated heterocycles. The number of alkyl halides is 1. The molecule has 0 spiro atoms. The SMILES string of the molecule is CCN(C)C(=O)c1cccc(-c2nc(CCl)cs2)c1. The molecule has 1 aromatic heterocycles. The van der Waals surface area contributed by atoms with Crippen LogP contribution in [0.5, 0.6) is 0 Å². The zero-order valence-electron chi connectivity index (χ0n) is 10.9. The van der Waals surface area contributed by atoms with Crippen molar-refractivity contribution in [2.75, 3.05) is 13.6 Å². The minimum Gasteiger partial charge on any atom is -0.342 e. The first kappa shape index (κ1) is 14.0. The Morgan fingerprint density at radius 3 is 2.89 bits per heavy atom. The number of aromatic nitrogens is 1. The van der Waals surface area contributed by atoms with Crippen LogP contribution in [0.1, 0.15) is 23.0 Å². The van der Waals surface area contributed by atoms with Gasteiger partial charge in [-0.15, -0.1) is 22.9 Å². The van der Waals surface area contributed by atoms with Crippen LogP contribution in [-0.4, -0.2) is 29.4 Å². The lowest BCUT2D eigenvalue weighted by atomic mass is 10.1. The van der Waals surface area contributed by atoms with Crippen molar-refractivity contribution in [3.8, 4) is 10.6 Å². The summed E-state index contributed by atoms with van der Waals surface area (Å²) in [6.45, 7) is 2.64. The average Bonchev–Trinajstić information content (AvgIpc) is 2.94. The van der Waals surface area contributed by atoms with Gasteiger partial charge >= 0.3 is 0 Å². The molecule has 5 heteroatoms. The van der Waals surface area contributed by atoms with E-state index in [4.69, 9.17) is 11.6 Å². The third-order valence-electron chi connectivity index (χ3n) is 2.87. The first-order valence-corrected chi connectivity index (χ1v) is 7.43. The number of benzene rings is 1. The molecule has 1 heterocycles. The van der Waals surface area contributed by atoms with Gasteiger partial charge in [0.15, 0.2) is 0 Å². The van der Waals surface area contributed by atoms with E-state index in [1.165, 1.54) is 0 Å². The molecule has 0 unspecified atom stereocenters. The van der Waals surface area contributed by atoms with E-state index in [2.05, 4.69) is 4.98 Å². The van der Waals surface area contributed by atoms with E-state index in [0.29, 0.717) is 18.0 Å². The zero-order chi connectivity index (χ0) is 13.8. The van der Waals surface area contributed by atoms with Gasteiger partial charge in [-0.3, -0.25) is 4.79 Å². The number of rotatable bonds is 4. The van der Waals surface area contributed by atoms with Crippen LogP contribution in [0.25, 0.3) is 10.6 Å². The van der Waals surface area contributed by atoms with Crippen LogP contribution in [0.15, 0.2) is 29.6 Å². The molecule has 0 N–H and O–H groups in total. The molecule has 3 nitrogen and oxygen atoms in total. The molecule has 0 radical (unpaired) electrons. The maximum absolute atomic E-state index is 12.1. The van der Waals surface area contributed by atoms with Crippen LogP contribution >= 0.6 is 22.9 Å². The molecule has 19 heavy (non-hydrogen) atoms. The van der Waals surface area contributed by atoms with Gasteiger partial charge in [0.25, 0.3) is 5.91 Å². The molecule has 2 aromatic rings. The van der Waals surface area contributed by atoms with Crippen LogP contribution in [0.2, 0.25) is 0 Å². The lowest BCUT2D eigenvalue weighted by molar-refractivity contribution is 0.0802. The number of hydrogen-bond acceptors (Lipinski definition) is 3. The molecule has 1 amide bonds. The number of hydrogen-bond donors (Lipinski definition) is 0. The topological polar surface area (TPSA) is 33.2 Å². The summed E-state index contributed by atoms with van der Waals surface area (Å²) in [6, 6.07) is 7.55. The fraction of sp³-hybridized carbons (Fsp3) is 0.286. The van der Waals surface area contributed by atoms with Crippen LogP contribution in [-0.2, 0) is 5.88 Å². The van der Waals surface area contributed by atoms with Crippen molar-refractivity contribution in [3.05, 3.63) is 40.9 Å². The molecule has 1 aromatic carbocycles. The van der Waals surface area contributed by atoms with Crippen LogP contribution in [0.3, 0.4) is 0 Å². The molecule has 2 rings (SSSR count). The number of carbonyl (C=O) groups is 1. The zero-order valence-corrected chi connectivity index (χ0v) is 12.5. The Balaban J connectivity index is 2.31. The molecule has 0 aliphatic heterocycles. The maximum atomic E-state index is 12.1. The van der Waals surface area contributed by atoms with Crippen LogP contribution in [0.4, 0.5) is 0 Å². The van der Waals surface area contributed by atoms with Crippen molar-refractivity contribution in [2.45, 2.75) is 12.8 Å². The Morgan fingerprint density at radius 1 is 1.47 bits per heavy atom. The fourth-order valence-electron chi connectivity index (χ4n) is 1.65. The highest BCUT2D eigenvalue weighted by molar-refractivity contribution is 7.13. The predicted octanol–water partition coefficient (Wildman–Crippen LogP) is 3.64. The second kappa shape index (κ2) is 6.17. The quantitative estimate of drug-likeness (QED) is 0.807. The summed E-state index contributed by atoms with van der Waals surface area (Å²) >= 11 is 7.29. The summed E-state index contributed by atoms with van der Waals surface area (Å²) < 4.78 is 0. The Kier molecular flexibility index (Phi) is 4.56. The van der Waals surface area contributed by atoms with Crippen molar-refractivity contribution >= 4 is 28.8 Å². The summed E-state index contributed by atoms with van der Waals surface area (Å²) in [4.78, 5) is 18.2. The molecule has 0 fully saturated rings. The highest BCUT2D eigenvalue weighted by atomic mass is 35.5. The smallest absolute Gasteiger partial charge is 0.253 e. The average molecular weight is 295 g/mol. The molecular weight excluding hydrogens is 280 g/mol. The molecule has 0 atom stereocenters. The Morgan fingerprint density at radius 2 is 2.26 bits per heavy atom. The van der Waals surface area contributed by atoms with E-state index < -0.39 is 0 Å². The molecule has 100 valence electrons. The van der Waals surface area contributed by atoms with Gasteiger partial charge in [-0.05, 0) is 19.1 Å². The third-order valence-corrected chi connectivity index (χ3v) is 4.08. The monoisotopic (exact) mass is 294 g/mol. The number of thiazole rings is 1. The normalized spacial score (nSPS) is 10.5. The van der Waals surface area contributed by atoms with Gasteiger partial charge in [0.2, 0.25) is 0 Å².